The highest BCUT2D eigenvalue weighted by Crippen LogP contribution is 2.74. The molecule has 0 saturated heterocycles. The van der Waals surface area contributed by atoms with Gasteiger partial charge in [-0.3, -0.25) is 19.4 Å². The van der Waals surface area contributed by atoms with Crippen LogP contribution in [0.3, 0.4) is 0 Å². The van der Waals surface area contributed by atoms with Crippen molar-refractivity contribution in [2.75, 3.05) is 0 Å². The molecule has 1 amide bonds. The lowest BCUT2D eigenvalue weighted by molar-refractivity contribution is -0.214. The van der Waals surface area contributed by atoms with Crippen molar-refractivity contribution in [2.45, 2.75) is 45.2 Å². The van der Waals surface area contributed by atoms with Crippen LogP contribution < -0.4 is 10.9 Å². The summed E-state index contributed by atoms with van der Waals surface area (Å²) in [6, 6.07) is 4.05. The maximum absolute atomic E-state index is 13.5. The van der Waals surface area contributed by atoms with E-state index in [9.17, 15) is 18.4 Å². The van der Waals surface area contributed by atoms with Crippen LogP contribution in [0.15, 0.2) is 29.1 Å². The van der Waals surface area contributed by atoms with Crippen LogP contribution in [0.1, 0.15) is 43.0 Å². The number of rotatable bonds is 7. The number of hydrogen-bond donors (Lipinski definition) is 3. The van der Waals surface area contributed by atoms with E-state index in [-0.39, 0.29) is 23.3 Å². The van der Waals surface area contributed by atoms with E-state index in [1.165, 1.54) is 12.1 Å². The number of H-pyrrole nitrogens is 1. The smallest absolute Gasteiger partial charge is 0.266 e. The van der Waals surface area contributed by atoms with Gasteiger partial charge in [-0.15, -0.1) is 0 Å². The van der Waals surface area contributed by atoms with Crippen LogP contribution in [0.2, 0.25) is 0 Å². The lowest BCUT2D eigenvalue weighted by Gasteiger charge is -2.69. The Kier molecular flexibility index (Phi) is 4.24. The molecule has 28 heavy (non-hydrogen) atoms. The van der Waals surface area contributed by atoms with Gasteiger partial charge in [0.15, 0.2) is 0 Å². The fourth-order valence-electron chi connectivity index (χ4n) is 4.91. The fourth-order valence-corrected chi connectivity index (χ4v) is 4.91. The average molecular weight is 388 g/mol. The number of nitrogens with zero attached hydrogens (tertiary/aromatic N) is 1. The fraction of sp³-hybridized carbons (Fsp3) is 0.450. The quantitative estimate of drug-likeness (QED) is 0.637. The van der Waals surface area contributed by atoms with Gasteiger partial charge >= 0.3 is 0 Å². The van der Waals surface area contributed by atoms with Crippen LogP contribution in [0.25, 0.3) is 0 Å². The van der Waals surface area contributed by atoms with Crippen molar-refractivity contribution < 1.29 is 13.6 Å². The molecule has 8 heteroatoms. The van der Waals surface area contributed by atoms with Crippen molar-refractivity contribution in [3.8, 4) is 0 Å². The van der Waals surface area contributed by atoms with Crippen molar-refractivity contribution in [3.05, 3.63) is 57.5 Å². The first-order chi connectivity index (χ1) is 13.2. The van der Waals surface area contributed by atoms with Gasteiger partial charge < -0.3 is 10.7 Å². The highest BCUT2D eigenvalue weighted by Gasteiger charge is 2.71. The summed E-state index contributed by atoms with van der Waals surface area (Å²) in [6.45, 7) is 2.39. The summed E-state index contributed by atoms with van der Waals surface area (Å²) in [4.78, 5) is 24.7. The summed E-state index contributed by atoms with van der Waals surface area (Å²) >= 11 is 0. The molecule has 3 aliphatic rings. The third-order valence-corrected chi connectivity index (χ3v) is 5.98. The van der Waals surface area contributed by atoms with E-state index < -0.39 is 23.1 Å². The minimum atomic E-state index is -0.713. The zero-order valence-corrected chi connectivity index (χ0v) is 15.5. The molecule has 148 valence electrons. The number of aryl methyl sites for hydroxylation is 1. The lowest BCUT2D eigenvalue weighted by Crippen LogP contribution is -2.69. The second kappa shape index (κ2) is 6.39. The van der Waals surface area contributed by atoms with Gasteiger partial charge in [0.25, 0.3) is 5.56 Å². The Morgan fingerprint density at radius 2 is 1.93 bits per heavy atom. The summed E-state index contributed by atoms with van der Waals surface area (Å²) in [7, 11) is 0. The highest BCUT2D eigenvalue weighted by molar-refractivity contribution is 5.87. The Morgan fingerprint density at radius 3 is 2.46 bits per heavy atom. The highest BCUT2D eigenvalue weighted by atomic mass is 19.1. The summed E-state index contributed by atoms with van der Waals surface area (Å²) in [6.07, 6.45) is 3.34. The van der Waals surface area contributed by atoms with Crippen LogP contribution in [-0.2, 0) is 11.3 Å². The topological polar surface area (TPSA) is 90.7 Å². The minimum absolute atomic E-state index is 0.0412. The predicted molar refractivity (Wildman–Crippen MR) is 99.1 cm³/mol. The molecule has 1 unspecified atom stereocenters. The molecule has 3 fully saturated rings. The second-order valence-electron chi connectivity index (χ2n) is 8.34. The minimum Gasteiger partial charge on any atom is -0.348 e. The molecular formula is C20H22F2N4O2. The number of aromatic amines is 1. The van der Waals surface area contributed by atoms with Gasteiger partial charge in [0.2, 0.25) is 5.91 Å². The Morgan fingerprint density at radius 1 is 1.29 bits per heavy atom. The lowest BCUT2D eigenvalue weighted by atomic mass is 9.35. The first-order valence-corrected chi connectivity index (χ1v) is 9.27. The van der Waals surface area contributed by atoms with Gasteiger partial charge in [-0.05, 0) is 55.5 Å². The van der Waals surface area contributed by atoms with Gasteiger partial charge in [0.05, 0.1) is 11.5 Å². The van der Waals surface area contributed by atoms with Gasteiger partial charge in [-0.25, -0.2) is 8.78 Å². The van der Waals surface area contributed by atoms with Crippen molar-refractivity contribution >= 4 is 12.1 Å². The molecule has 1 atom stereocenters. The number of aromatic nitrogens is 2. The number of carbonyl (C=O) groups excluding carboxylic acids is 1. The van der Waals surface area contributed by atoms with E-state index in [0.29, 0.717) is 31.4 Å². The van der Waals surface area contributed by atoms with E-state index in [0.717, 1.165) is 18.0 Å². The Labute approximate surface area is 160 Å². The molecule has 1 aromatic carbocycles. The largest absolute Gasteiger partial charge is 0.348 e. The molecule has 0 aliphatic heterocycles. The molecule has 0 radical (unpaired) electrons. The molecule has 6 nitrogen and oxygen atoms in total. The van der Waals surface area contributed by atoms with E-state index >= 15 is 0 Å². The van der Waals surface area contributed by atoms with Crippen molar-refractivity contribution in [3.63, 3.8) is 0 Å². The number of benzene rings is 1. The number of carbonyl (C=O) groups is 1. The second-order valence-corrected chi connectivity index (χ2v) is 8.34. The van der Waals surface area contributed by atoms with Crippen LogP contribution >= 0.6 is 0 Å². The van der Waals surface area contributed by atoms with Gasteiger partial charge in [-0.1, -0.05) is 0 Å². The Hall–Kier alpha value is -2.77. The summed E-state index contributed by atoms with van der Waals surface area (Å²) in [5.74, 6) is -1.58. The maximum Gasteiger partial charge on any atom is 0.266 e. The molecule has 3 saturated carbocycles. The summed E-state index contributed by atoms with van der Waals surface area (Å²) in [5.41, 5.74) is 0.530. The maximum atomic E-state index is 13.5. The van der Waals surface area contributed by atoms with E-state index in [2.05, 4.69) is 10.4 Å². The van der Waals surface area contributed by atoms with Gasteiger partial charge in [-0.2, -0.15) is 0 Å². The number of nitrogens with one attached hydrogen (secondary N) is 3. The average Bonchev–Trinajstić information content (AvgIpc) is 2.85. The molecule has 1 heterocycles. The number of hydrogen-bond acceptors (Lipinski definition) is 3. The van der Waals surface area contributed by atoms with Crippen LogP contribution in [0, 0.1) is 34.8 Å². The Balaban J connectivity index is 1.42. The zero-order valence-electron chi connectivity index (χ0n) is 15.5. The monoisotopic (exact) mass is 388 g/mol. The molecular weight excluding hydrogens is 366 g/mol. The van der Waals surface area contributed by atoms with E-state index in [1.54, 1.807) is 10.7 Å². The number of halogens is 2. The van der Waals surface area contributed by atoms with Crippen LogP contribution in [0.5, 0.6) is 0 Å². The first kappa shape index (κ1) is 18.6. The third-order valence-electron chi connectivity index (χ3n) is 5.98. The molecule has 5 rings (SSSR count). The van der Waals surface area contributed by atoms with Gasteiger partial charge in [0, 0.05) is 30.8 Å². The van der Waals surface area contributed by atoms with E-state index in [1.807, 2.05) is 6.92 Å². The summed E-state index contributed by atoms with van der Waals surface area (Å²) < 4.78 is 28.7. The zero-order chi connectivity index (χ0) is 20.1. The third kappa shape index (κ3) is 3.06. The van der Waals surface area contributed by atoms with Crippen LogP contribution in [0.4, 0.5) is 8.78 Å². The first-order valence-electron chi connectivity index (χ1n) is 9.27. The number of amides is 1. The van der Waals surface area contributed by atoms with E-state index in [4.69, 9.17) is 5.41 Å². The molecule has 2 bridgehead atoms. The van der Waals surface area contributed by atoms with Crippen LogP contribution in [-0.4, -0.2) is 21.9 Å². The normalized spacial score (nSPS) is 26.1. The molecule has 2 aromatic rings. The summed E-state index contributed by atoms with van der Waals surface area (Å²) in [5, 5.41) is 13.2. The molecule has 3 aliphatic carbocycles. The van der Waals surface area contributed by atoms with Crippen molar-refractivity contribution in [1.29, 1.82) is 5.41 Å². The van der Waals surface area contributed by atoms with Crippen molar-refractivity contribution in [1.82, 2.24) is 15.1 Å². The SMILES string of the molecule is Cc1cc(=O)n(CC23CC(C(=O)NC(CC=N)c4cc(F)cc(F)c4)(C2)C3)[nH]1. The van der Waals surface area contributed by atoms with Gasteiger partial charge in [0.1, 0.15) is 11.6 Å². The predicted octanol–water partition coefficient (Wildman–Crippen LogP) is 2.83. The molecule has 1 aromatic heterocycles. The molecule has 0 spiro atoms. The molecule has 3 N–H and O–H groups in total. The Bertz CT molecular complexity index is 970. The standard InChI is InChI=1S/C20H22F2N4O2/c1-12-4-17(27)26(25-12)11-19-8-20(9-19,10-19)18(28)24-16(2-3-23)13-5-14(21)7-15(22)6-13/h3-7,16,23,25H,2,8-11H2,1H3,(H,24,28). The van der Waals surface area contributed by atoms with Crippen molar-refractivity contribution in [2.24, 2.45) is 10.8 Å².